The van der Waals surface area contributed by atoms with Crippen LogP contribution in [-0.2, 0) is 4.79 Å². The highest BCUT2D eigenvalue weighted by molar-refractivity contribution is 7.99. The van der Waals surface area contributed by atoms with Gasteiger partial charge in [-0.05, 0) is 37.6 Å². The van der Waals surface area contributed by atoms with E-state index in [0.717, 1.165) is 39.3 Å². The van der Waals surface area contributed by atoms with Crippen LogP contribution in [0.25, 0.3) is 11.4 Å². The normalized spacial score (nSPS) is 10.9. The number of nitrogen functional groups attached to an aromatic ring is 1. The molecule has 0 aliphatic heterocycles. The van der Waals surface area contributed by atoms with Gasteiger partial charge in [-0.15, -0.1) is 10.2 Å². The third kappa shape index (κ3) is 4.40. The van der Waals surface area contributed by atoms with Crippen LogP contribution in [-0.4, -0.2) is 26.5 Å². The predicted molar refractivity (Wildman–Crippen MR) is 111 cm³/mol. The Morgan fingerprint density at radius 1 is 1.21 bits per heavy atom. The van der Waals surface area contributed by atoms with Gasteiger partial charge >= 0.3 is 0 Å². The first-order chi connectivity index (χ1) is 13.3. The van der Waals surface area contributed by atoms with Crippen LogP contribution in [0.15, 0.2) is 35.5 Å². The highest BCUT2D eigenvalue weighted by atomic mass is 35.5. The summed E-state index contributed by atoms with van der Waals surface area (Å²) in [5.74, 6) is 5.38. The number of nitrogens with zero attached hydrogens (tertiary/aromatic N) is 3. The first-order valence-corrected chi connectivity index (χ1v) is 9.85. The maximum atomic E-state index is 13.8. The van der Waals surface area contributed by atoms with Crippen molar-refractivity contribution in [2.24, 2.45) is 0 Å². The summed E-state index contributed by atoms with van der Waals surface area (Å²) in [7, 11) is 0. The minimum absolute atomic E-state index is 0.0748. The number of rotatable bonds is 5. The third-order valence-electron chi connectivity index (χ3n) is 3.90. The van der Waals surface area contributed by atoms with Gasteiger partial charge in [-0.1, -0.05) is 52.7 Å². The number of thioether (sulfide) groups is 1. The topological polar surface area (TPSA) is 85.8 Å². The minimum Gasteiger partial charge on any atom is -0.335 e. The number of nitrogens with two attached hydrogens (primary N) is 1. The van der Waals surface area contributed by atoms with E-state index in [9.17, 15) is 9.18 Å². The van der Waals surface area contributed by atoms with Crippen LogP contribution in [0.1, 0.15) is 11.1 Å². The number of amides is 1. The van der Waals surface area contributed by atoms with Crippen molar-refractivity contribution in [2.45, 2.75) is 19.0 Å². The van der Waals surface area contributed by atoms with Crippen molar-refractivity contribution in [1.29, 1.82) is 0 Å². The fraction of sp³-hybridized carbons (Fsp3) is 0.167. The molecule has 0 atom stereocenters. The Morgan fingerprint density at radius 3 is 2.68 bits per heavy atom. The molecule has 0 aliphatic carbocycles. The highest BCUT2D eigenvalue weighted by Crippen LogP contribution is 2.32. The Labute approximate surface area is 175 Å². The third-order valence-corrected chi connectivity index (χ3v) is 5.45. The number of carbonyl (C=O) groups excluding carboxylic acids is 1. The summed E-state index contributed by atoms with van der Waals surface area (Å²) < 4.78 is 14.9. The molecule has 1 aromatic heterocycles. The van der Waals surface area contributed by atoms with Crippen molar-refractivity contribution in [3.05, 3.63) is 57.3 Å². The molecule has 0 bridgehead atoms. The summed E-state index contributed by atoms with van der Waals surface area (Å²) in [4.78, 5) is 12.2. The van der Waals surface area contributed by atoms with E-state index in [-0.39, 0.29) is 38.2 Å². The summed E-state index contributed by atoms with van der Waals surface area (Å²) in [5, 5.41) is 11.1. The molecule has 1 amide bonds. The van der Waals surface area contributed by atoms with Gasteiger partial charge in [0.15, 0.2) is 5.82 Å². The number of aromatic nitrogens is 3. The number of nitrogens with one attached hydrogen (secondary N) is 1. The quantitative estimate of drug-likeness (QED) is 0.348. The zero-order valence-corrected chi connectivity index (χ0v) is 17.3. The molecule has 0 saturated carbocycles. The van der Waals surface area contributed by atoms with Crippen molar-refractivity contribution < 1.29 is 9.18 Å². The molecule has 0 saturated heterocycles. The van der Waals surface area contributed by atoms with E-state index in [1.165, 1.54) is 6.07 Å². The van der Waals surface area contributed by atoms with Crippen LogP contribution in [0, 0.1) is 19.7 Å². The largest absolute Gasteiger partial charge is 0.335 e. The molecule has 0 fully saturated rings. The van der Waals surface area contributed by atoms with Gasteiger partial charge in [-0.3, -0.25) is 4.79 Å². The Hall–Kier alpha value is -2.29. The zero-order chi connectivity index (χ0) is 20.4. The van der Waals surface area contributed by atoms with Crippen LogP contribution >= 0.6 is 35.0 Å². The molecule has 6 nitrogen and oxygen atoms in total. The zero-order valence-electron chi connectivity index (χ0n) is 15.0. The second-order valence-electron chi connectivity index (χ2n) is 6.08. The molecule has 3 rings (SSSR count). The number of hydrogen-bond donors (Lipinski definition) is 2. The Balaban J connectivity index is 1.71. The van der Waals surface area contributed by atoms with Gasteiger partial charge in [0.1, 0.15) is 5.82 Å². The number of aryl methyl sites for hydroxylation is 2. The summed E-state index contributed by atoms with van der Waals surface area (Å²) in [6.45, 7) is 3.91. The molecule has 0 radical (unpaired) electrons. The average Bonchev–Trinajstić information content (AvgIpc) is 2.99. The van der Waals surface area contributed by atoms with Gasteiger partial charge in [0.2, 0.25) is 11.1 Å². The van der Waals surface area contributed by atoms with Crippen molar-refractivity contribution in [3.8, 4) is 11.4 Å². The van der Waals surface area contributed by atoms with Gasteiger partial charge in [0, 0.05) is 11.3 Å². The summed E-state index contributed by atoms with van der Waals surface area (Å²) in [6.07, 6.45) is 0. The van der Waals surface area contributed by atoms with Gasteiger partial charge in [0.25, 0.3) is 0 Å². The maximum Gasteiger partial charge on any atom is 0.234 e. The van der Waals surface area contributed by atoms with Crippen molar-refractivity contribution >= 4 is 46.6 Å². The van der Waals surface area contributed by atoms with E-state index >= 15 is 0 Å². The number of benzene rings is 2. The molecule has 146 valence electrons. The lowest BCUT2D eigenvalue weighted by molar-refractivity contribution is -0.113. The van der Waals surface area contributed by atoms with E-state index in [1.807, 2.05) is 32.0 Å². The SMILES string of the molecule is Cc1ccc(NC(=O)CSc2nnc(-c3cc(F)c(Cl)cc3Cl)n2N)c(C)c1. The molecule has 0 unspecified atom stereocenters. The lowest BCUT2D eigenvalue weighted by Gasteiger charge is -2.09. The van der Waals surface area contributed by atoms with E-state index in [1.54, 1.807) is 0 Å². The molecular formula is C18H16Cl2FN5OS. The molecular weight excluding hydrogens is 424 g/mol. The molecule has 10 heteroatoms. The fourth-order valence-corrected chi connectivity index (χ4v) is 3.65. The van der Waals surface area contributed by atoms with Gasteiger partial charge in [-0.25, -0.2) is 9.07 Å². The van der Waals surface area contributed by atoms with E-state index in [2.05, 4.69) is 15.5 Å². The Morgan fingerprint density at radius 2 is 1.96 bits per heavy atom. The number of halogens is 3. The smallest absolute Gasteiger partial charge is 0.234 e. The number of hydrogen-bond acceptors (Lipinski definition) is 5. The van der Waals surface area contributed by atoms with Crippen LogP contribution in [0.4, 0.5) is 10.1 Å². The summed E-state index contributed by atoms with van der Waals surface area (Å²) >= 11 is 12.9. The first kappa shape index (κ1) is 20.4. The lowest BCUT2D eigenvalue weighted by Crippen LogP contribution is -2.17. The Bertz CT molecular complexity index is 1060. The van der Waals surface area contributed by atoms with E-state index in [4.69, 9.17) is 29.0 Å². The monoisotopic (exact) mass is 439 g/mol. The molecule has 1 heterocycles. The molecule has 0 spiro atoms. The van der Waals surface area contributed by atoms with Crippen LogP contribution in [0.3, 0.4) is 0 Å². The van der Waals surface area contributed by atoms with Crippen molar-refractivity contribution in [3.63, 3.8) is 0 Å². The van der Waals surface area contributed by atoms with Crippen molar-refractivity contribution in [2.75, 3.05) is 16.9 Å². The lowest BCUT2D eigenvalue weighted by atomic mass is 10.1. The fourth-order valence-electron chi connectivity index (χ4n) is 2.52. The summed E-state index contributed by atoms with van der Waals surface area (Å²) in [5.41, 5.74) is 3.09. The second kappa shape index (κ2) is 8.38. The standard InChI is InChI=1S/C18H16Cl2FN5OS/c1-9-3-4-15(10(2)5-9)23-16(27)8-28-18-25-24-17(26(18)22)11-6-14(21)13(20)7-12(11)19/h3-7H,8,22H2,1-2H3,(H,23,27). The van der Waals surface area contributed by atoms with Gasteiger partial charge in [0.05, 0.1) is 15.8 Å². The maximum absolute atomic E-state index is 13.8. The Kier molecular flexibility index (Phi) is 6.12. The average molecular weight is 440 g/mol. The molecule has 3 N–H and O–H groups in total. The van der Waals surface area contributed by atoms with Crippen molar-refractivity contribution in [1.82, 2.24) is 14.9 Å². The molecule has 28 heavy (non-hydrogen) atoms. The van der Waals surface area contributed by atoms with Crippen LogP contribution in [0.5, 0.6) is 0 Å². The van der Waals surface area contributed by atoms with Crippen LogP contribution < -0.4 is 11.2 Å². The second-order valence-corrected chi connectivity index (χ2v) is 7.83. The molecule has 3 aromatic rings. The van der Waals surface area contributed by atoms with Crippen LogP contribution in [0.2, 0.25) is 10.0 Å². The van der Waals surface area contributed by atoms with Gasteiger partial charge in [-0.2, -0.15) is 0 Å². The minimum atomic E-state index is -0.647. The predicted octanol–water partition coefficient (Wildman–Crippen LogP) is 4.45. The number of carbonyl (C=O) groups is 1. The molecule has 0 aliphatic rings. The molecule has 2 aromatic carbocycles. The highest BCUT2D eigenvalue weighted by Gasteiger charge is 2.18. The van der Waals surface area contributed by atoms with E-state index in [0.29, 0.717) is 0 Å². The van der Waals surface area contributed by atoms with E-state index < -0.39 is 5.82 Å². The number of anilines is 1. The summed E-state index contributed by atoms with van der Waals surface area (Å²) in [6, 6.07) is 8.17. The van der Waals surface area contributed by atoms with Gasteiger partial charge < -0.3 is 11.2 Å². The first-order valence-electron chi connectivity index (χ1n) is 8.11.